The highest BCUT2D eigenvalue weighted by Crippen LogP contribution is 2.23. The van der Waals surface area contributed by atoms with Crippen molar-refractivity contribution in [2.24, 2.45) is 0 Å². The van der Waals surface area contributed by atoms with Gasteiger partial charge in [-0.25, -0.2) is 13.1 Å². The van der Waals surface area contributed by atoms with Crippen molar-refractivity contribution in [3.8, 4) is 0 Å². The zero-order valence-electron chi connectivity index (χ0n) is 15.7. The van der Waals surface area contributed by atoms with Crippen LogP contribution in [0.2, 0.25) is 0 Å². The van der Waals surface area contributed by atoms with Crippen molar-refractivity contribution in [2.75, 3.05) is 19.6 Å². The molecular formula is C20H25N3O4S. The molecule has 0 saturated carbocycles. The monoisotopic (exact) mass is 403 g/mol. The molecule has 3 rings (SSSR count). The molecule has 1 heterocycles. The zero-order chi connectivity index (χ0) is 20.0. The zero-order valence-corrected chi connectivity index (χ0v) is 16.5. The van der Waals surface area contributed by atoms with Crippen LogP contribution in [0.3, 0.4) is 0 Å². The number of hydrogen-bond donors (Lipinski definition) is 1. The number of rotatable bonds is 9. The number of nitro groups is 1. The van der Waals surface area contributed by atoms with Crippen molar-refractivity contribution in [1.82, 2.24) is 9.62 Å². The van der Waals surface area contributed by atoms with Crippen LogP contribution in [-0.2, 0) is 28.7 Å². The molecule has 0 fully saturated rings. The second-order valence-electron chi connectivity index (χ2n) is 7.08. The van der Waals surface area contributed by atoms with Crippen LogP contribution in [0.5, 0.6) is 0 Å². The topological polar surface area (TPSA) is 92.6 Å². The molecule has 0 aliphatic carbocycles. The summed E-state index contributed by atoms with van der Waals surface area (Å²) in [6.45, 7) is 2.90. The average Bonchev–Trinajstić information content (AvgIpc) is 2.67. The second-order valence-corrected chi connectivity index (χ2v) is 8.89. The Morgan fingerprint density at radius 1 is 1.07 bits per heavy atom. The van der Waals surface area contributed by atoms with E-state index in [1.807, 2.05) is 24.3 Å². The van der Waals surface area contributed by atoms with Gasteiger partial charge in [-0.3, -0.25) is 15.0 Å². The fourth-order valence-electron chi connectivity index (χ4n) is 3.44. The van der Waals surface area contributed by atoms with Gasteiger partial charge in [0.05, 0.1) is 10.7 Å². The summed E-state index contributed by atoms with van der Waals surface area (Å²) in [5.74, 6) is -0.00444. The molecule has 0 radical (unpaired) electrons. The van der Waals surface area contributed by atoms with E-state index in [4.69, 9.17) is 0 Å². The second kappa shape index (κ2) is 9.27. The predicted octanol–water partition coefficient (Wildman–Crippen LogP) is 2.85. The van der Waals surface area contributed by atoms with Gasteiger partial charge in [-0.1, -0.05) is 36.4 Å². The number of fused-ring (bicyclic) bond motifs is 1. The fraction of sp³-hybridized carbons (Fsp3) is 0.400. The summed E-state index contributed by atoms with van der Waals surface area (Å²) < 4.78 is 26.9. The van der Waals surface area contributed by atoms with Crippen LogP contribution in [0, 0.1) is 10.1 Å². The van der Waals surface area contributed by atoms with Crippen LogP contribution in [-0.4, -0.2) is 37.9 Å². The van der Waals surface area contributed by atoms with Gasteiger partial charge in [-0.05, 0) is 42.5 Å². The molecule has 1 N–H and O–H groups in total. The minimum atomic E-state index is -3.32. The molecule has 0 spiro atoms. The molecule has 2 aromatic rings. The van der Waals surface area contributed by atoms with Crippen molar-refractivity contribution < 1.29 is 13.3 Å². The van der Waals surface area contributed by atoms with Gasteiger partial charge in [-0.15, -0.1) is 0 Å². The third-order valence-corrected chi connectivity index (χ3v) is 6.27. The van der Waals surface area contributed by atoms with Crippen molar-refractivity contribution in [3.63, 3.8) is 0 Å². The minimum Gasteiger partial charge on any atom is -0.299 e. The van der Waals surface area contributed by atoms with E-state index in [9.17, 15) is 18.5 Å². The molecule has 7 nitrogen and oxygen atoms in total. The molecular weight excluding hydrogens is 378 g/mol. The van der Waals surface area contributed by atoms with Crippen molar-refractivity contribution in [2.45, 2.75) is 31.6 Å². The Morgan fingerprint density at radius 3 is 2.61 bits per heavy atom. The fourth-order valence-corrected chi connectivity index (χ4v) is 4.63. The third-order valence-electron chi connectivity index (χ3n) is 4.91. The first-order chi connectivity index (χ1) is 13.4. The maximum atomic E-state index is 12.1. The highest BCUT2D eigenvalue weighted by atomic mass is 32.2. The van der Waals surface area contributed by atoms with Gasteiger partial charge in [0.25, 0.3) is 5.69 Å². The van der Waals surface area contributed by atoms with Gasteiger partial charge >= 0.3 is 0 Å². The Hall–Kier alpha value is -2.29. The van der Waals surface area contributed by atoms with Gasteiger partial charge in [0.1, 0.15) is 0 Å². The number of nitro benzene ring substituents is 1. The Kier molecular flexibility index (Phi) is 6.77. The lowest BCUT2D eigenvalue weighted by atomic mass is 9.99. The van der Waals surface area contributed by atoms with Crippen molar-refractivity contribution >= 4 is 15.7 Å². The van der Waals surface area contributed by atoms with Crippen molar-refractivity contribution in [3.05, 3.63) is 75.3 Å². The summed E-state index contributed by atoms with van der Waals surface area (Å²) in [5, 5.41) is 10.9. The first kappa shape index (κ1) is 20.4. The lowest BCUT2D eigenvalue weighted by Gasteiger charge is -2.28. The van der Waals surface area contributed by atoms with E-state index in [1.54, 1.807) is 24.3 Å². The summed E-state index contributed by atoms with van der Waals surface area (Å²) in [5.41, 5.74) is 3.10. The van der Waals surface area contributed by atoms with E-state index in [1.165, 1.54) is 5.56 Å². The van der Waals surface area contributed by atoms with Crippen molar-refractivity contribution in [1.29, 1.82) is 0 Å². The van der Waals surface area contributed by atoms with Gasteiger partial charge in [0.2, 0.25) is 10.0 Å². The number of sulfonamides is 1. The number of nitrogens with zero attached hydrogens (tertiary/aromatic N) is 2. The van der Waals surface area contributed by atoms with Crippen LogP contribution in [0.15, 0.2) is 48.5 Å². The van der Waals surface area contributed by atoms with E-state index in [2.05, 4.69) is 9.62 Å². The average molecular weight is 404 g/mol. The molecule has 1 aliphatic heterocycles. The van der Waals surface area contributed by atoms with E-state index < -0.39 is 10.0 Å². The minimum absolute atomic E-state index is 0.00444. The molecule has 0 saturated heterocycles. The Morgan fingerprint density at radius 2 is 1.86 bits per heavy atom. The first-order valence-electron chi connectivity index (χ1n) is 9.43. The highest BCUT2D eigenvalue weighted by molar-refractivity contribution is 7.88. The number of hydrogen-bond acceptors (Lipinski definition) is 5. The van der Waals surface area contributed by atoms with E-state index in [-0.39, 0.29) is 16.4 Å². The third kappa shape index (κ3) is 5.85. The van der Waals surface area contributed by atoms with Crippen LogP contribution in [0.4, 0.5) is 5.69 Å². The molecule has 8 heteroatoms. The van der Waals surface area contributed by atoms with E-state index in [0.29, 0.717) is 13.1 Å². The maximum Gasteiger partial charge on any atom is 0.269 e. The lowest BCUT2D eigenvalue weighted by Crippen LogP contribution is -2.32. The molecule has 150 valence electrons. The summed E-state index contributed by atoms with van der Waals surface area (Å²) in [6.07, 6.45) is 2.52. The summed E-state index contributed by atoms with van der Waals surface area (Å²) in [7, 11) is -3.32. The quantitative estimate of drug-likeness (QED) is 0.395. The Bertz CT molecular complexity index is 916. The molecule has 0 atom stereocenters. The molecule has 0 unspecified atom stereocenters. The molecule has 0 aromatic heterocycles. The Labute approximate surface area is 165 Å². The number of unbranched alkanes of at least 4 members (excludes halogenated alkanes) is 1. The molecule has 28 heavy (non-hydrogen) atoms. The number of nitrogens with one attached hydrogen (secondary N) is 1. The lowest BCUT2D eigenvalue weighted by molar-refractivity contribution is -0.385. The standard InChI is InChI=1S/C20H25N3O4S/c24-23(25)20-9-8-18-10-13-22(15-19(18)14-20)12-5-4-11-21-28(26,27)16-17-6-2-1-3-7-17/h1-3,6-9,14,21H,4-5,10-13,15-16H2. The summed E-state index contributed by atoms with van der Waals surface area (Å²) in [6, 6.07) is 14.2. The van der Waals surface area contributed by atoms with E-state index in [0.717, 1.165) is 43.5 Å². The summed E-state index contributed by atoms with van der Waals surface area (Å²) >= 11 is 0. The molecule has 2 aromatic carbocycles. The predicted molar refractivity (Wildman–Crippen MR) is 108 cm³/mol. The van der Waals surface area contributed by atoms with E-state index >= 15 is 0 Å². The van der Waals surface area contributed by atoms with Crippen LogP contribution in [0.25, 0.3) is 0 Å². The van der Waals surface area contributed by atoms with Gasteiger partial charge in [-0.2, -0.15) is 0 Å². The van der Waals surface area contributed by atoms with Crippen LogP contribution in [0.1, 0.15) is 29.5 Å². The Balaban J connectivity index is 1.40. The van der Waals surface area contributed by atoms with Gasteiger partial charge < -0.3 is 0 Å². The molecule has 1 aliphatic rings. The SMILES string of the molecule is O=[N+]([O-])c1ccc2c(c1)CN(CCCCNS(=O)(=O)Cc1ccccc1)CC2. The van der Waals surface area contributed by atoms with Crippen LogP contribution >= 0.6 is 0 Å². The van der Waals surface area contributed by atoms with Crippen LogP contribution < -0.4 is 4.72 Å². The smallest absolute Gasteiger partial charge is 0.269 e. The molecule has 0 amide bonds. The number of non-ortho nitro benzene ring substituents is 1. The first-order valence-corrected chi connectivity index (χ1v) is 11.1. The highest BCUT2D eigenvalue weighted by Gasteiger charge is 2.18. The molecule has 0 bridgehead atoms. The van der Waals surface area contributed by atoms with Gasteiger partial charge in [0, 0.05) is 31.8 Å². The normalized spacial score (nSPS) is 14.6. The van der Waals surface area contributed by atoms with Gasteiger partial charge in [0.15, 0.2) is 0 Å². The number of benzene rings is 2. The summed E-state index contributed by atoms with van der Waals surface area (Å²) in [4.78, 5) is 12.9. The largest absolute Gasteiger partial charge is 0.299 e. The maximum absolute atomic E-state index is 12.1.